The third kappa shape index (κ3) is 6.64. The Balaban J connectivity index is 2.50. The van der Waals surface area contributed by atoms with E-state index in [0.29, 0.717) is 5.75 Å². The Morgan fingerprint density at radius 2 is 1.74 bits per heavy atom. The van der Waals surface area contributed by atoms with Crippen LogP contribution in [0.1, 0.15) is 19.4 Å². The summed E-state index contributed by atoms with van der Waals surface area (Å²) >= 11 is 0. The molecule has 0 amide bonds. The van der Waals surface area contributed by atoms with Crippen molar-refractivity contribution >= 4 is 18.1 Å². The second kappa shape index (κ2) is 9.24. The molecule has 0 heterocycles. The summed E-state index contributed by atoms with van der Waals surface area (Å²) < 4.78 is 18.8. The van der Waals surface area contributed by atoms with Crippen LogP contribution >= 0.6 is 0 Å². The fourth-order valence-corrected chi connectivity index (χ4v) is 1.48. The third-order valence-corrected chi connectivity index (χ3v) is 2.63. The van der Waals surface area contributed by atoms with Crippen LogP contribution in [0.4, 0.5) is 4.79 Å². The molecule has 0 radical (unpaired) electrons. The van der Waals surface area contributed by atoms with E-state index in [1.54, 1.807) is 38.3 Å². The second-order valence-corrected chi connectivity index (χ2v) is 4.36. The molecule has 0 aliphatic heterocycles. The van der Waals surface area contributed by atoms with Gasteiger partial charge in [0.25, 0.3) is 0 Å². The molecule has 0 spiro atoms. The first kappa shape index (κ1) is 18.2. The quantitative estimate of drug-likeness (QED) is 0.451. The minimum atomic E-state index is -1.12. The van der Waals surface area contributed by atoms with Gasteiger partial charge in [0.15, 0.2) is 0 Å². The Labute approximate surface area is 133 Å². The summed E-state index contributed by atoms with van der Waals surface area (Å²) in [4.78, 5) is 34.1. The van der Waals surface area contributed by atoms with Crippen molar-refractivity contribution in [3.8, 4) is 5.75 Å². The molecule has 0 unspecified atom stereocenters. The Kier molecular flexibility index (Phi) is 7.32. The molecule has 0 aromatic heterocycles. The van der Waals surface area contributed by atoms with E-state index >= 15 is 0 Å². The van der Waals surface area contributed by atoms with Crippen molar-refractivity contribution in [3.63, 3.8) is 0 Å². The number of hydrogen-bond acceptors (Lipinski definition) is 7. The first-order valence-corrected chi connectivity index (χ1v) is 6.83. The van der Waals surface area contributed by atoms with Gasteiger partial charge in [-0.15, -0.1) is 0 Å². The number of hydrogen-bond donors (Lipinski definition) is 0. The van der Waals surface area contributed by atoms with E-state index in [0.717, 1.165) is 11.6 Å². The number of rotatable bonds is 6. The van der Waals surface area contributed by atoms with Crippen molar-refractivity contribution in [2.75, 3.05) is 13.7 Å². The first-order valence-electron chi connectivity index (χ1n) is 6.83. The summed E-state index contributed by atoms with van der Waals surface area (Å²) in [5.74, 6) is -0.998. The van der Waals surface area contributed by atoms with E-state index in [4.69, 9.17) is 9.47 Å². The van der Waals surface area contributed by atoms with Gasteiger partial charge in [0, 0.05) is 11.6 Å². The Morgan fingerprint density at radius 3 is 2.30 bits per heavy atom. The smallest absolute Gasteiger partial charge is 0.497 e. The molecule has 1 aromatic carbocycles. The molecule has 0 aliphatic rings. The van der Waals surface area contributed by atoms with Crippen molar-refractivity contribution in [2.24, 2.45) is 0 Å². The van der Waals surface area contributed by atoms with Crippen molar-refractivity contribution in [1.29, 1.82) is 0 Å². The molecule has 7 nitrogen and oxygen atoms in total. The summed E-state index contributed by atoms with van der Waals surface area (Å²) in [6.07, 6.45) is -0.249. The molecular weight excluding hydrogens is 304 g/mol. The molecule has 1 rings (SSSR count). The van der Waals surface area contributed by atoms with Gasteiger partial charge in [-0.25, -0.2) is 14.4 Å². The lowest BCUT2D eigenvalue weighted by Gasteiger charge is -2.06. The van der Waals surface area contributed by atoms with Crippen LogP contribution in [-0.4, -0.2) is 31.8 Å². The Hall–Kier alpha value is -2.83. The van der Waals surface area contributed by atoms with Gasteiger partial charge < -0.3 is 18.9 Å². The molecular formula is C16H18O7. The standard InChI is InChI=1S/C16H18O7/c1-4-21-16(19)23-14(17)9-11(2)15(18)22-10-12-5-7-13(20-3)8-6-12/h5-9H,4,10H2,1-3H3/b11-9+. The molecule has 7 heteroatoms. The zero-order valence-electron chi connectivity index (χ0n) is 13.2. The zero-order chi connectivity index (χ0) is 17.2. The third-order valence-electron chi connectivity index (χ3n) is 2.63. The number of carbonyl (C=O) groups is 3. The summed E-state index contributed by atoms with van der Waals surface area (Å²) in [6, 6.07) is 6.98. The maximum absolute atomic E-state index is 11.7. The van der Waals surface area contributed by atoms with Crippen LogP contribution in [0.25, 0.3) is 0 Å². The summed E-state index contributed by atoms with van der Waals surface area (Å²) in [6.45, 7) is 3.08. The molecule has 0 atom stereocenters. The average molecular weight is 322 g/mol. The van der Waals surface area contributed by atoms with Crippen molar-refractivity contribution in [2.45, 2.75) is 20.5 Å². The fourth-order valence-electron chi connectivity index (χ4n) is 1.48. The minimum absolute atomic E-state index is 0.00723. The molecule has 0 saturated heterocycles. The Bertz CT molecular complexity index is 587. The van der Waals surface area contributed by atoms with Gasteiger partial charge in [-0.1, -0.05) is 12.1 Å². The van der Waals surface area contributed by atoms with Crippen LogP contribution in [0.2, 0.25) is 0 Å². The van der Waals surface area contributed by atoms with Crippen molar-refractivity contribution in [3.05, 3.63) is 41.5 Å². The zero-order valence-corrected chi connectivity index (χ0v) is 13.2. The highest BCUT2D eigenvalue weighted by atomic mass is 16.7. The van der Waals surface area contributed by atoms with E-state index in [9.17, 15) is 14.4 Å². The van der Waals surface area contributed by atoms with Gasteiger partial charge in [-0.05, 0) is 31.5 Å². The highest BCUT2D eigenvalue weighted by molar-refractivity contribution is 5.98. The maximum Gasteiger partial charge on any atom is 0.516 e. The summed E-state index contributed by atoms with van der Waals surface area (Å²) in [5.41, 5.74) is 0.772. The van der Waals surface area contributed by atoms with Crippen molar-refractivity contribution in [1.82, 2.24) is 0 Å². The van der Waals surface area contributed by atoms with E-state index in [2.05, 4.69) is 9.47 Å². The number of benzene rings is 1. The van der Waals surface area contributed by atoms with Crippen molar-refractivity contribution < 1.29 is 33.3 Å². The first-order chi connectivity index (χ1) is 11.0. The number of ether oxygens (including phenoxy) is 4. The molecule has 124 valence electrons. The average Bonchev–Trinajstić information content (AvgIpc) is 2.52. The maximum atomic E-state index is 11.7. The van der Waals surface area contributed by atoms with Crippen LogP contribution in [0.5, 0.6) is 5.75 Å². The summed E-state index contributed by atoms with van der Waals surface area (Å²) in [7, 11) is 1.55. The molecule has 0 aliphatic carbocycles. The van der Waals surface area contributed by atoms with E-state index in [-0.39, 0.29) is 18.8 Å². The predicted molar refractivity (Wildman–Crippen MR) is 79.7 cm³/mol. The predicted octanol–water partition coefficient (Wildman–Crippen LogP) is 2.38. The number of esters is 2. The molecule has 0 fully saturated rings. The molecule has 0 N–H and O–H groups in total. The largest absolute Gasteiger partial charge is 0.516 e. The summed E-state index contributed by atoms with van der Waals surface area (Å²) in [5, 5.41) is 0. The Morgan fingerprint density at radius 1 is 1.09 bits per heavy atom. The molecule has 1 aromatic rings. The monoisotopic (exact) mass is 322 g/mol. The lowest BCUT2D eigenvalue weighted by Crippen LogP contribution is -2.14. The van der Waals surface area contributed by atoms with Crippen LogP contribution in [0.3, 0.4) is 0 Å². The molecule has 0 bridgehead atoms. The van der Waals surface area contributed by atoms with Crippen LogP contribution in [0.15, 0.2) is 35.9 Å². The van der Waals surface area contributed by atoms with Gasteiger partial charge in [0.05, 0.1) is 13.7 Å². The lowest BCUT2D eigenvalue weighted by molar-refractivity contribution is -0.141. The highest BCUT2D eigenvalue weighted by Gasteiger charge is 2.13. The number of carbonyl (C=O) groups excluding carboxylic acids is 3. The van der Waals surface area contributed by atoms with Crippen LogP contribution in [-0.2, 0) is 30.4 Å². The van der Waals surface area contributed by atoms with Gasteiger partial charge in [-0.3, -0.25) is 0 Å². The molecule has 0 saturated carbocycles. The number of methoxy groups -OCH3 is 1. The SMILES string of the molecule is CCOC(=O)OC(=O)/C=C(\C)C(=O)OCc1ccc(OC)cc1. The van der Waals surface area contributed by atoms with E-state index in [1.165, 1.54) is 6.92 Å². The highest BCUT2D eigenvalue weighted by Crippen LogP contribution is 2.12. The normalized spacial score (nSPS) is 10.7. The minimum Gasteiger partial charge on any atom is -0.497 e. The fraction of sp³-hybridized carbons (Fsp3) is 0.312. The van der Waals surface area contributed by atoms with Gasteiger partial charge >= 0.3 is 18.1 Å². The van der Waals surface area contributed by atoms with Gasteiger partial charge in [0.1, 0.15) is 12.4 Å². The van der Waals surface area contributed by atoms with Crippen LogP contribution in [0, 0.1) is 0 Å². The second-order valence-electron chi connectivity index (χ2n) is 4.36. The molecule has 23 heavy (non-hydrogen) atoms. The van der Waals surface area contributed by atoms with E-state index in [1.807, 2.05) is 0 Å². The van der Waals surface area contributed by atoms with E-state index < -0.39 is 18.1 Å². The van der Waals surface area contributed by atoms with Crippen LogP contribution < -0.4 is 4.74 Å². The topological polar surface area (TPSA) is 88.1 Å². The van der Waals surface area contributed by atoms with Gasteiger partial charge in [-0.2, -0.15) is 0 Å². The lowest BCUT2D eigenvalue weighted by atomic mass is 10.2. The van der Waals surface area contributed by atoms with Gasteiger partial charge in [0.2, 0.25) is 0 Å².